The van der Waals surface area contributed by atoms with Crippen molar-refractivity contribution in [2.45, 2.75) is 38.5 Å². The fourth-order valence-electron chi connectivity index (χ4n) is 3.96. The van der Waals surface area contributed by atoms with E-state index in [0.29, 0.717) is 18.4 Å². The van der Waals surface area contributed by atoms with Gasteiger partial charge in [-0.25, -0.2) is 8.78 Å². The quantitative estimate of drug-likeness (QED) is 0.291. The Hall–Kier alpha value is -3.21. The molecule has 1 nitrogen and oxygen atoms in total. The third-order valence-corrected chi connectivity index (χ3v) is 5.58. The monoisotopic (exact) mass is 466 g/mol. The van der Waals surface area contributed by atoms with Crippen LogP contribution < -0.4 is 4.74 Å². The van der Waals surface area contributed by atoms with Crippen LogP contribution in [0.1, 0.15) is 35.6 Å². The van der Waals surface area contributed by atoms with Crippen LogP contribution in [0.15, 0.2) is 42.5 Å². The number of rotatable bonds is 3. The molecule has 0 N–H and O–H groups in total. The summed E-state index contributed by atoms with van der Waals surface area (Å²) in [6, 6.07) is 7.85. The van der Waals surface area contributed by atoms with Gasteiger partial charge in [0.25, 0.3) is 0 Å². The molecule has 3 aromatic carbocycles. The molecule has 0 fully saturated rings. The van der Waals surface area contributed by atoms with Crippen LogP contribution in [-0.4, -0.2) is 6.18 Å². The molecule has 0 heterocycles. The Labute approximate surface area is 185 Å². The van der Waals surface area contributed by atoms with E-state index in [1.807, 2.05) is 0 Å². The Balaban J connectivity index is 1.65. The molecular weight excluding hydrogens is 449 g/mol. The summed E-state index contributed by atoms with van der Waals surface area (Å²) in [6.45, 7) is 2.09. The molecule has 0 bridgehead atoms. The lowest BCUT2D eigenvalue weighted by atomic mass is 9.84. The van der Waals surface area contributed by atoms with Gasteiger partial charge in [0.1, 0.15) is 17.4 Å². The molecule has 0 aromatic heterocycles. The van der Waals surface area contributed by atoms with Crippen molar-refractivity contribution >= 4 is 10.8 Å². The molecule has 0 radical (unpaired) electrons. The number of halogens is 7. The first-order valence-electron chi connectivity index (χ1n) is 10.1. The lowest BCUT2D eigenvalue weighted by molar-refractivity contribution is -0.185. The average molecular weight is 466 g/mol. The van der Waals surface area contributed by atoms with Crippen molar-refractivity contribution in [1.82, 2.24) is 0 Å². The summed E-state index contributed by atoms with van der Waals surface area (Å²) < 4.78 is 100. The van der Waals surface area contributed by atoms with Gasteiger partial charge in [-0.3, -0.25) is 0 Å². The second-order valence-corrected chi connectivity index (χ2v) is 8.13. The SMILES string of the molecule is CC1CCc2cc(C(F)(F)Oc3cc(F)c4c(F)c(C#CC(F)(F)F)ccc4c3)ccc2C1. The maximum absolute atomic E-state index is 14.8. The van der Waals surface area contributed by atoms with Gasteiger partial charge in [-0.2, -0.15) is 22.0 Å². The highest BCUT2D eigenvalue weighted by Crippen LogP contribution is 2.37. The van der Waals surface area contributed by atoms with Gasteiger partial charge in [-0.15, -0.1) is 0 Å². The van der Waals surface area contributed by atoms with Crippen LogP contribution in [-0.2, 0) is 19.0 Å². The smallest absolute Gasteiger partial charge is 0.429 e. The van der Waals surface area contributed by atoms with Gasteiger partial charge in [0.05, 0.1) is 16.5 Å². The Kier molecular flexibility index (Phi) is 5.77. The van der Waals surface area contributed by atoms with E-state index < -0.39 is 40.6 Å². The molecule has 0 saturated carbocycles. The number of hydrogen-bond acceptors (Lipinski definition) is 1. The van der Waals surface area contributed by atoms with Crippen LogP contribution in [0.25, 0.3) is 10.8 Å². The van der Waals surface area contributed by atoms with E-state index in [1.165, 1.54) is 12.1 Å². The molecule has 1 unspecified atom stereocenters. The molecule has 33 heavy (non-hydrogen) atoms. The van der Waals surface area contributed by atoms with Gasteiger partial charge in [0, 0.05) is 12.0 Å². The highest BCUT2D eigenvalue weighted by Gasteiger charge is 2.36. The molecule has 1 aliphatic rings. The zero-order chi connectivity index (χ0) is 24.0. The van der Waals surface area contributed by atoms with Crippen molar-refractivity contribution < 1.29 is 35.5 Å². The van der Waals surface area contributed by atoms with Gasteiger partial charge < -0.3 is 4.74 Å². The largest absolute Gasteiger partial charge is 0.458 e. The number of hydrogen-bond donors (Lipinski definition) is 0. The third kappa shape index (κ3) is 4.92. The fourth-order valence-corrected chi connectivity index (χ4v) is 3.96. The number of fused-ring (bicyclic) bond motifs is 2. The molecular formula is C25H17F7O. The lowest BCUT2D eigenvalue weighted by Gasteiger charge is -2.24. The minimum Gasteiger partial charge on any atom is -0.429 e. The first kappa shape index (κ1) is 23.0. The van der Waals surface area contributed by atoms with E-state index in [-0.39, 0.29) is 10.9 Å². The molecule has 3 aromatic rings. The van der Waals surface area contributed by atoms with E-state index in [0.717, 1.165) is 48.1 Å². The van der Waals surface area contributed by atoms with Crippen molar-refractivity contribution in [3.8, 4) is 17.6 Å². The number of alkyl halides is 5. The highest BCUT2D eigenvalue weighted by atomic mass is 19.4. The molecule has 1 aliphatic carbocycles. The third-order valence-electron chi connectivity index (χ3n) is 5.58. The van der Waals surface area contributed by atoms with Crippen molar-refractivity contribution in [3.63, 3.8) is 0 Å². The topological polar surface area (TPSA) is 9.23 Å². The van der Waals surface area contributed by atoms with Crippen LogP contribution in [0.5, 0.6) is 5.75 Å². The van der Waals surface area contributed by atoms with Crippen molar-refractivity contribution in [1.29, 1.82) is 0 Å². The van der Waals surface area contributed by atoms with E-state index >= 15 is 0 Å². The van der Waals surface area contributed by atoms with E-state index in [4.69, 9.17) is 4.74 Å². The molecule has 172 valence electrons. The highest BCUT2D eigenvalue weighted by molar-refractivity contribution is 5.86. The maximum Gasteiger partial charge on any atom is 0.458 e. The Morgan fingerprint density at radius 2 is 1.70 bits per heavy atom. The normalized spacial score (nSPS) is 16.2. The Morgan fingerprint density at radius 3 is 2.42 bits per heavy atom. The van der Waals surface area contributed by atoms with Gasteiger partial charge in [0.15, 0.2) is 0 Å². The summed E-state index contributed by atoms with van der Waals surface area (Å²) in [6.07, 6.45) is -6.27. The lowest BCUT2D eigenvalue weighted by Crippen LogP contribution is -2.23. The Bertz CT molecular complexity index is 1280. The summed E-state index contributed by atoms with van der Waals surface area (Å²) in [5.74, 6) is -0.134. The van der Waals surface area contributed by atoms with E-state index in [1.54, 1.807) is 12.0 Å². The van der Waals surface area contributed by atoms with Crippen LogP contribution in [0.4, 0.5) is 30.7 Å². The predicted molar refractivity (Wildman–Crippen MR) is 109 cm³/mol. The van der Waals surface area contributed by atoms with Crippen molar-refractivity contribution in [2.75, 3.05) is 0 Å². The van der Waals surface area contributed by atoms with Crippen LogP contribution in [0, 0.1) is 29.4 Å². The number of ether oxygens (including phenoxy) is 1. The van der Waals surface area contributed by atoms with Gasteiger partial charge in [-0.05, 0) is 66.0 Å². The summed E-state index contributed by atoms with van der Waals surface area (Å²) in [4.78, 5) is 0. The summed E-state index contributed by atoms with van der Waals surface area (Å²) in [5, 5.41) is -0.821. The van der Waals surface area contributed by atoms with Gasteiger partial charge in [-0.1, -0.05) is 25.0 Å². The van der Waals surface area contributed by atoms with Crippen LogP contribution in [0.2, 0.25) is 0 Å². The molecule has 0 aliphatic heterocycles. The molecule has 1 atom stereocenters. The van der Waals surface area contributed by atoms with Crippen molar-refractivity contribution in [2.24, 2.45) is 5.92 Å². The van der Waals surface area contributed by atoms with E-state index in [2.05, 4.69) is 6.92 Å². The molecule has 0 amide bonds. The fraction of sp³-hybridized carbons (Fsp3) is 0.280. The molecule has 4 rings (SSSR count). The standard InChI is InChI=1S/C25H17F7O/c1-14-2-3-17-11-19(7-6-16(17)10-14)25(31,32)33-20-12-18-5-4-15(8-9-24(28,29)30)23(27)22(18)21(26)13-20/h4-7,11-14H,2-3,10H2,1H3. The second kappa shape index (κ2) is 8.29. The molecule has 8 heteroatoms. The zero-order valence-corrected chi connectivity index (χ0v) is 17.3. The molecule has 0 spiro atoms. The average Bonchev–Trinajstić information content (AvgIpc) is 2.71. The van der Waals surface area contributed by atoms with Crippen LogP contribution in [0.3, 0.4) is 0 Å². The second-order valence-electron chi connectivity index (χ2n) is 8.13. The minimum absolute atomic E-state index is 0.157. The Morgan fingerprint density at radius 1 is 0.939 bits per heavy atom. The number of benzene rings is 3. The molecule has 0 saturated heterocycles. The minimum atomic E-state index is -4.85. The first-order chi connectivity index (χ1) is 15.4. The van der Waals surface area contributed by atoms with E-state index in [9.17, 15) is 30.7 Å². The predicted octanol–water partition coefficient (Wildman–Crippen LogP) is 7.28. The zero-order valence-electron chi connectivity index (χ0n) is 17.3. The maximum atomic E-state index is 14.8. The first-order valence-corrected chi connectivity index (χ1v) is 10.1. The van der Waals surface area contributed by atoms with Gasteiger partial charge >= 0.3 is 12.3 Å². The van der Waals surface area contributed by atoms with Crippen molar-refractivity contribution in [3.05, 3.63) is 76.4 Å². The number of aryl methyl sites for hydroxylation is 1. The van der Waals surface area contributed by atoms with Gasteiger partial charge in [0.2, 0.25) is 0 Å². The van der Waals surface area contributed by atoms with Crippen LogP contribution >= 0.6 is 0 Å². The summed E-state index contributed by atoms with van der Waals surface area (Å²) in [5.41, 5.74) is 0.763. The summed E-state index contributed by atoms with van der Waals surface area (Å²) >= 11 is 0. The summed E-state index contributed by atoms with van der Waals surface area (Å²) in [7, 11) is 0.